The molecule has 0 aromatic carbocycles. The molecule has 1 amide bonds. The van der Waals surface area contributed by atoms with Crippen LogP contribution in [0, 0.1) is 5.92 Å². The van der Waals surface area contributed by atoms with E-state index >= 15 is 0 Å². The summed E-state index contributed by atoms with van der Waals surface area (Å²) in [7, 11) is 1.98. The van der Waals surface area contributed by atoms with Gasteiger partial charge in [-0.1, -0.05) is 26.7 Å². The molecule has 15 heavy (non-hydrogen) atoms. The molecule has 0 aliphatic carbocycles. The summed E-state index contributed by atoms with van der Waals surface area (Å²) < 4.78 is 4.76. The molecule has 0 aromatic heterocycles. The van der Waals surface area contributed by atoms with Gasteiger partial charge in [-0.2, -0.15) is 0 Å². The molecule has 0 saturated heterocycles. The quantitative estimate of drug-likeness (QED) is 0.651. The number of hydrogen-bond donors (Lipinski definition) is 2. The second-order valence-corrected chi connectivity index (χ2v) is 3.81. The Hall–Kier alpha value is -0.770. The van der Waals surface area contributed by atoms with Gasteiger partial charge in [0.2, 0.25) is 0 Å². The summed E-state index contributed by atoms with van der Waals surface area (Å²) in [6, 6.07) is 0.511. The standard InChI is InChI=1S/C11H24N2O2/c1-4-6-10(13-3)9(5-2)7-8-15-11(12)14/h9-10,13H,4-8H2,1-3H3,(H2,12,14). The second kappa shape index (κ2) is 8.53. The zero-order valence-corrected chi connectivity index (χ0v) is 10.1. The summed E-state index contributed by atoms with van der Waals surface area (Å²) in [5.74, 6) is 0.550. The van der Waals surface area contributed by atoms with Gasteiger partial charge >= 0.3 is 6.09 Å². The first-order valence-corrected chi connectivity index (χ1v) is 5.75. The van der Waals surface area contributed by atoms with Gasteiger partial charge in [-0.15, -0.1) is 0 Å². The van der Waals surface area contributed by atoms with Gasteiger partial charge in [0.05, 0.1) is 6.61 Å². The SMILES string of the molecule is CCCC(NC)C(CC)CCOC(N)=O. The van der Waals surface area contributed by atoms with Crippen LogP contribution in [0.1, 0.15) is 39.5 Å². The Morgan fingerprint density at radius 2 is 2.07 bits per heavy atom. The number of nitrogens with two attached hydrogens (primary N) is 1. The number of rotatable bonds is 8. The van der Waals surface area contributed by atoms with E-state index in [0.29, 0.717) is 18.6 Å². The number of nitrogens with one attached hydrogen (secondary N) is 1. The molecule has 0 radical (unpaired) electrons. The summed E-state index contributed by atoms with van der Waals surface area (Å²) in [4.78, 5) is 10.4. The monoisotopic (exact) mass is 216 g/mol. The lowest BCUT2D eigenvalue weighted by atomic mass is 9.91. The van der Waals surface area contributed by atoms with E-state index in [9.17, 15) is 4.79 Å². The number of hydrogen-bond acceptors (Lipinski definition) is 3. The Balaban J connectivity index is 3.91. The van der Waals surface area contributed by atoms with Gasteiger partial charge < -0.3 is 15.8 Å². The fourth-order valence-electron chi connectivity index (χ4n) is 1.93. The van der Waals surface area contributed by atoms with Crippen LogP contribution in [0.15, 0.2) is 0 Å². The van der Waals surface area contributed by atoms with Crippen molar-refractivity contribution in [1.29, 1.82) is 0 Å². The fourth-order valence-corrected chi connectivity index (χ4v) is 1.93. The number of carbonyl (C=O) groups is 1. The molecular weight excluding hydrogens is 192 g/mol. The van der Waals surface area contributed by atoms with E-state index < -0.39 is 6.09 Å². The van der Waals surface area contributed by atoms with E-state index in [0.717, 1.165) is 19.3 Å². The van der Waals surface area contributed by atoms with Crippen molar-refractivity contribution >= 4 is 6.09 Å². The van der Waals surface area contributed by atoms with Crippen LogP contribution in [0.25, 0.3) is 0 Å². The van der Waals surface area contributed by atoms with Gasteiger partial charge in [0.1, 0.15) is 0 Å². The van der Waals surface area contributed by atoms with Crippen molar-refractivity contribution in [2.75, 3.05) is 13.7 Å². The van der Waals surface area contributed by atoms with Gasteiger partial charge in [0, 0.05) is 6.04 Å². The first-order chi connectivity index (χ1) is 7.15. The topological polar surface area (TPSA) is 64.3 Å². The highest BCUT2D eigenvalue weighted by molar-refractivity contribution is 5.64. The molecule has 0 heterocycles. The molecule has 0 saturated carbocycles. The summed E-state index contributed by atoms with van der Waals surface area (Å²) in [5.41, 5.74) is 4.91. The summed E-state index contributed by atoms with van der Waals surface area (Å²) in [6.07, 6.45) is 3.62. The second-order valence-electron chi connectivity index (χ2n) is 3.81. The first-order valence-electron chi connectivity index (χ1n) is 5.75. The molecule has 90 valence electrons. The van der Waals surface area contributed by atoms with E-state index in [1.807, 2.05) is 7.05 Å². The van der Waals surface area contributed by atoms with Crippen LogP contribution >= 0.6 is 0 Å². The van der Waals surface area contributed by atoms with Crippen LogP contribution in [-0.2, 0) is 4.74 Å². The normalized spacial score (nSPS) is 14.6. The van der Waals surface area contributed by atoms with Crippen molar-refractivity contribution in [1.82, 2.24) is 5.32 Å². The number of ether oxygens (including phenoxy) is 1. The molecule has 0 aliphatic heterocycles. The van der Waals surface area contributed by atoms with E-state index in [1.54, 1.807) is 0 Å². The summed E-state index contributed by atoms with van der Waals surface area (Å²) in [5, 5.41) is 3.32. The van der Waals surface area contributed by atoms with E-state index in [1.165, 1.54) is 6.42 Å². The van der Waals surface area contributed by atoms with Gasteiger partial charge in [-0.05, 0) is 25.8 Å². The van der Waals surface area contributed by atoms with Gasteiger partial charge in [-0.3, -0.25) is 0 Å². The smallest absolute Gasteiger partial charge is 0.404 e. The zero-order valence-electron chi connectivity index (χ0n) is 10.1. The minimum atomic E-state index is -0.679. The number of amides is 1. The van der Waals surface area contributed by atoms with Crippen LogP contribution in [-0.4, -0.2) is 25.8 Å². The largest absolute Gasteiger partial charge is 0.450 e. The van der Waals surface area contributed by atoms with Crippen molar-refractivity contribution in [3.63, 3.8) is 0 Å². The number of carbonyl (C=O) groups excluding carboxylic acids is 1. The summed E-state index contributed by atoms with van der Waals surface area (Å²) >= 11 is 0. The van der Waals surface area contributed by atoms with Crippen molar-refractivity contribution in [2.24, 2.45) is 11.7 Å². The highest BCUT2D eigenvalue weighted by Gasteiger charge is 2.17. The van der Waals surface area contributed by atoms with Gasteiger partial charge in [0.15, 0.2) is 0 Å². The summed E-state index contributed by atoms with van der Waals surface area (Å²) in [6.45, 7) is 4.77. The molecular formula is C11H24N2O2. The lowest BCUT2D eigenvalue weighted by molar-refractivity contribution is 0.143. The molecule has 0 spiro atoms. The van der Waals surface area contributed by atoms with Crippen LogP contribution in [0.2, 0.25) is 0 Å². The van der Waals surface area contributed by atoms with E-state index in [4.69, 9.17) is 10.5 Å². The van der Waals surface area contributed by atoms with Crippen LogP contribution in [0.3, 0.4) is 0 Å². The maximum Gasteiger partial charge on any atom is 0.404 e. The third-order valence-electron chi connectivity index (χ3n) is 2.80. The molecule has 0 aromatic rings. The third kappa shape index (κ3) is 6.33. The lowest BCUT2D eigenvalue weighted by Crippen LogP contribution is -2.34. The minimum Gasteiger partial charge on any atom is -0.450 e. The molecule has 2 atom stereocenters. The Morgan fingerprint density at radius 1 is 1.40 bits per heavy atom. The lowest BCUT2D eigenvalue weighted by Gasteiger charge is -2.25. The van der Waals surface area contributed by atoms with Crippen molar-refractivity contribution in [3.8, 4) is 0 Å². The Kier molecular flexibility index (Phi) is 8.09. The number of primary amides is 1. The molecule has 0 fully saturated rings. The van der Waals surface area contributed by atoms with Gasteiger partial charge in [-0.25, -0.2) is 4.79 Å². The van der Waals surface area contributed by atoms with Crippen LogP contribution < -0.4 is 11.1 Å². The molecule has 3 N–H and O–H groups in total. The minimum absolute atomic E-state index is 0.426. The van der Waals surface area contributed by atoms with Crippen LogP contribution in [0.5, 0.6) is 0 Å². The predicted octanol–water partition coefficient (Wildman–Crippen LogP) is 1.89. The van der Waals surface area contributed by atoms with E-state index in [2.05, 4.69) is 19.2 Å². The van der Waals surface area contributed by atoms with E-state index in [-0.39, 0.29) is 0 Å². The predicted molar refractivity (Wildman–Crippen MR) is 61.7 cm³/mol. The van der Waals surface area contributed by atoms with Crippen molar-refractivity contribution in [2.45, 2.75) is 45.6 Å². The average molecular weight is 216 g/mol. The fraction of sp³-hybridized carbons (Fsp3) is 0.909. The van der Waals surface area contributed by atoms with Crippen molar-refractivity contribution < 1.29 is 9.53 Å². The Morgan fingerprint density at radius 3 is 2.47 bits per heavy atom. The average Bonchev–Trinajstić information content (AvgIpc) is 2.21. The highest BCUT2D eigenvalue weighted by atomic mass is 16.5. The highest BCUT2D eigenvalue weighted by Crippen LogP contribution is 2.17. The zero-order chi connectivity index (χ0) is 11.7. The third-order valence-corrected chi connectivity index (χ3v) is 2.80. The molecule has 0 bridgehead atoms. The Labute approximate surface area is 92.6 Å². The van der Waals surface area contributed by atoms with Crippen molar-refractivity contribution in [3.05, 3.63) is 0 Å². The Bertz CT molecular complexity index is 174. The first kappa shape index (κ1) is 14.2. The molecule has 2 unspecified atom stereocenters. The molecule has 4 heteroatoms. The molecule has 0 rings (SSSR count). The molecule has 4 nitrogen and oxygen atoms in total. The van der Waals surface area contributed by atoms with Crippen LogP contribution in [0.4, 0.5) is 4.79 Å². The maximum absolute atomic E-state index is 10.4. The van der Waals surface area contributed by atoms with Gasteiger partial charge in [0.25, 0.3) is 0 Å². The maximum atomic E-state index is 10.4. The molecule has 0 aliphatic rings.